The van der Waals surface area contributed by atoms with E-state index in [-0.39, 0.29) is 22.3 Å². The first-order chi connectivity index (χ1) is 15.7. The SMILES string of the molecule is Cc1ccc(NC(=O)CN2C(=O)N/C(=C\c3cc(C(C)(C)C)c(O)c(C(C)(C)C)c3)C2=O)cc1. The van der Waals surface area contributed by atoms with Gasteiger partial charge in [-0.3, -0.25) is 9.59 Å². The Balaban J connectivity index is 1.87. The third-order valence-corrected chi connectivity index (χ3v) is 5.66. The number of hydrogen-bond acceptors (Lipinski definition) is 4. The molecule has 180 valence electrons. The minimum atomic E-state index is -0.652. The molecule has 0 bridgehead atoms. The molecule has 7 nitrogen and oxygen atoms in total. The second-order valence-corrected chi connectivity index (χ2v) is 10.8. The number of nitrogens with one attached hydrogen (secondary N) is 2. The van der Waals surface area contributed by atoms with Crippen LogP contribution < -0.4 is 10.6 Å². The van der Waals surface area contributed by atoms with Crippen LogP contribution in [0.4, 0.5) is 10.5 Å². The standard InChI is InChI=1S/C27H33N3O4/c1-16-8-10-18(11-9-16)28-22(31)15-30-24(33)21(29-25(30)34)14-17-12-19(26(2,3)4)23(32)20(13-17)27(5,6)7/h8-14,32H,15H2,1-7H3,(H,28,31)(H,29,34)/b21-14-. The number of carbonyl (C=O) groups is 3. The number of amides is 4. The van der Waals surface area contributed by atoms with Crippen molar-refractivity contribution in [2.75, 3.05) is 11.9 Å². The van der Waals surface area contributed by atoms with Gasteiger partial charge >= 0.3 is 6.03 Å². The Labute approximate surface area is 200 Å². The number of nitrogens with zero attached hydrogens (tertiary/aromatic N) is 1. The maximum absolute atomic E-state index is 12.9. The number of anilines is 1. The molecule has 0 unspecified atom stereocenters. The lowest BCUT2D eigenvalue weighted by Gasteiger charge is -2.28. The molecule has 3 N–H and O–H groups in total. The van der Waals surface area contributed by atoms with Crippen molar-refractivity contribution in [3.63, 3.8) is 0 Å². The van der Waals surface area contributed by atoms with Crippen molar-refractivity contribution >= 4 is 29.6 Å². The van der Waals surface area contributed by atoms with Gasteiger partial charge < -0.3 is 15.7 Å². The van der Waals surface area contributed by atoms with Crippen LogP contribution in [-0.2, 0) is 20.4 Å². The van der Waals surface area contributed by atoms with E-state index in [1.165, 1.54) is 0 Å². The Morgan fingerprint density at radius 3 is 2.03 bits per heavy atom. The zero-order valence-electron chi connectivity index (χ0n) is 20.9. The van der Waals surface area contributed by atoms with Crippen molar-refractivity contribution in [3.8, 4) is 5.75 Å². The van der Waals surface area contributed by atoms with Crippen LogP contribution in [0.2, 0.25) is 0 Å². The van der Waals surface area contributed by atoms with Crippen LogP contribution >= 0.6 is 0 Å². The zero-order chi connectivity index (χ0) is 25.4. The van der Waals surface area contributed by atoms with E-state index in [2.05, 4.69) is 10.6 Å². The van der Waals surface area contributed by atoms with E-state index < -0.39 is 24.4 Å². The smallest absolute Gasteiger partial charge is 0.329 e. The Bertz CT molecular complexity index is 1130. The molecule has 0 aromatic heterocycles. The average molecular weight is 464 g/mol. The van der Waals surface area contributed by atoms with Gasteiger partial charge in [0.1, 0.15) is 18.0 Å². The lowest BCUT2D eigenvalue weighted by Crippen LogP contribution is -2.38. The Morgan fingerprint density at radius 2 is 1.53 bits per heavy atom. The van der Waals surface area contributed by atoms with Gasteiger partial charge in [0.2, 0.25) is 5.91 Å². The first-order valence-electron chi connectivity index (χ1n) is 11.3. The molecule has 0 spiro atoms. The predicted octanol–water partition coefficient (Wildman–Crippen LogP) is 4.83. The molecule has 1 saturated heterocycles. The molecule has 34 heavy (non-hydrogen) atoms. The highest BCUT2D eigenvalue weighted by atomic mass is 16.3. The Kier molecular flexibility index (Phi) is 6.60. The number of hydrogen-bond donors (Lipinski definition) is 3. The minimum Gasteiger partial charge on any atom is -0.507 e. The molecule has 0 radical (unpaired) electrons. The van der Waals surface area contributed by atoms with Gasteiger partial charge in [-0.25, -0.2) is 9.69 Å². The highest BCUT2D eigenvalue weighted by Crippen LogP contribution is 2.40. The van der Waals surface area contributed by atoms with Gasteiger partial charge in [-0.2, -0.15) is 0 Å². The minimum absolute atomic E-state index is 0.0820. The molecule has 3 rings (SSSR count). The number of carbonyl (C=O) groups excluding carboxylic acids is 3. The van der Waals surface area contributed by atoms with Gasteiger partial charge in [-0.1, -0.05) is 59.2 Å². The summed E-state index contributed by atoms with van der Waals surface area (Å²) in [6.45, 7) is 13.6. The van der Waals surface area contributed by atoms with Crippen LogP contribution in [0.1, 0.15) is 63.8 Å². The van der Waals surface area contributed by atoms with E-state index in [9.17, 15) is 19.5 Å². The van der Waals surface area contributed by atoms with Crippen LogP contribution in [0.5, 0.6) is 5.75 Å². The van der Waals surface area contributed by atoms with Gasteiger partial charge in [0, 0.05) is 16.8 Å². The normalized spacial score (nSPS) is 15.6. The average Bonchev–Trinajstić information content (AvgIpc) is 2.96. The second-order valence-electron chi connectivity index (χ2n) is 10.8. The molecule has 1 aliphatic heterocycles. The summed E-state index contributed by atoms with van der Waals surface area (Å²) in [6.07, 6.45) is 1.59. The van der Waals surface area contributed by atoms with Crippen molar-refractivity contribution in [1.29, 1.82) is 0 Å². The van der Waals surface area contributed by atoms with Crippen molar-refractivity contribution in [2.24, 2.45) is 0 Å². The van der Waals surface area contributed by atoms with E-state index in [0.29, 0.717) is 11.3 Å². The van der Waals surface area contributed by atoms with E-state index in [1.54, 1.807) is 18.2 Å². The molecule has 0 aliphatic carbocycles. The second kappa shape index (κ2) is 8.97. The number of aromatic hydroxyl groups is 1. The fourth-order valence-electron chi connectivity index (χ4n) is 3.75. The van der Waals surface area contributed by atoms with Gasteiger partial charge in [0.25, 0.3) is 5.91 Å². The monoisotopic (exact) mass is 463 g/mol. The fraction of sp³-hybridized carbons (Fsp3) is 0.370. The largest absolute Gasteiger partial charge is 0.507 e. The van der Waals surface area contributed by atoms with Crippen molar-refractivity contribution < 1.29 is 19.5 Å². The Hall–Kier alpha value is -3.61. The quantitative estimate of drug-likeness (QED) is 0.447. The predicted molar refractivity (Wildman–Crippen MR) is 134 cm³/mol. The van der Waals surface area contributed by atoms with Gasteiger partial charge in [0.15, 0.2) is 0 Å². The van der Waals surface area contributed by atoms with Crippen molar-refractivity contribution in [1.82, 2.24) is 10.2 Å². The summed E-state index contributed by atoms with van der Waals surface area (Å²) in [4.78, 5) is 38.7. The van der Waals surface area contributed by atoms with E-state index in [0.717, 1.165) is 21.6 Å². The number of urea groups is 1. The van der Waals surface area contributed by atoms with E-state index in [1.807, 2.05) is 72.7 Å². The summed E-state index contributed by atoms with van der Waals surface area (Å²) in [5, 5.41) is 16.2. The lowest BCUT2D eigenvalue weighted by atomic mass is 9.78. The molecule has 0 atom stereocenters. The zero-order valence-corrected chi connectivity index (χ0v) is 20.9. The summed E-state index contributed by atoms with van der Waals surface area (Å²) >= 11 is 0. The summed E-state index contributed by atoms with van der Waals surface area (Å²) in [5.74, 6) is -0.812. The molecular formula is C27H33N3O4. The van der Waals surface area contributed by atoms with Crippen LogP contribution in [-0.4, -0.2) is 34.4 Å². The first kappa shape index (κ1) is 25.0. The summed E-state index contributed by atoms with van der Waals surface area (Å²) in [5.41, 5.74) is 3.24. The number of benzene rings is 2. The molecule has 1 fully saturated rings. The molecule has 2 aromatic carbocycles. The number of phenolic OH excluding ortho intramolecular Hbond substituents is 1. The number of phenols is 1. The lowest BCUT2D eigenvalue weighted by molar-refractivity contribution is -0.127. The van der Waals surface area contributed by atoms with Crippen LogP contribution in [0.25, 0.3) is 6.08 Å². The Morgan fingerprint density at radius 1 is 1.00 bits per heavy atom. The van der Waals surface area contributed by atoms with Crippen molar-refractivity contribution in [2.45, 2.75) is 59.3 Å². The summed E-state index contributed by atoms with van der Waals surface area (Å²) in [7, 11) is 0. The number of aryl methyl sites for hydroxylation is 1. The van der Waals surface area contributed by atoms with Crippen LogP contribution in [0.15, 0.2) is 42.1 Å². The third kappa shape index (κ3) is 5.47. The summed E-state index contributed by atoms with van der Waals surface area (Å²) < 4.78 is 0. The number of rotatable bonds is 4. The van der Waals surface area contributed by atoms with E-state index in [4.69, 9.17) is 0 Å². The van der Waals surface area contributed by atoms with Crippen LogP contribution in [0, 0.1) is 6.92 Å². The topological polar surface area (TPSA) is 98.7 Å². The molecular weight excluding hydrogens is 430 g/mol. The van der Waals surface area contributed by atoms with E-state index >= 15 is 0 Å². The molecule has 2 aromatic rings. The highest BCUT2D eigenvalue weighted by molar-refractivity contribution is 6.16. The third-order valence-electron chi connectivity index (χ3n) is 5.66. The maximum atomic E-state index is 12.9. The van der Waals surface area contributed by atoms with Crippen LogP contribution in [0.3, 0.4) is 0 Å². The van der Waals surface area contributed by atoms with Crippen molar-refractivity contribution in [3.05, 3.63) is 64.3 Å². The maximum Gasteiger partial charge on any atom is 0.329 e. The fourth-order valence-corrected chi connectivity index (χ4v) is 3.75. The molecule has 4 amide bonds. The summed E-state index contributed by atoms with van der Waals surface area (Å²) in [6, 6.07) is 10.2. The van der Waals surface area contributed by atoms with Gasteiger partial charge in [-0.15, -0.1) is 0 Å². The molecule has 0 saturated carbocycles. The van der Waals surface area contributed by atoms with Gasteiger partial charge in [-0.05, 0) is 53.7 Å². The number of imide groups is 1. The van der Waals surface area contributed by atoms with Gasteiger partial charge in [0.05, 0.1) is 0 Å². The molecule has 7 heteroatoms. The molecule has 1 aliphatic rings. The molecule has 1 heterocycles. The first-order valence-corrected chi connectivity index (χ1v) is 11.3. The highest BCUT2D eigenvalue weighted by Gasteiger charge is 2.35.